The van der Waals surface area contributed by atoms with E-state index in [0.29, 0.717) is 17.9 Å². The number of ether oxygens (including phenoxy) is 1. The molecule has 1 amide bonds. The van der Waals surface area contributed by atoms with Crippen LogP contribution in [-0.4, -0.2) is 23.0 Å². The van der Waals surface area contributed by atoms with Crippen molar-refractivity contribution in [3.8, 4) is 5.75 Å². The Labute approximate surface area is 171 Å². The highest BCUT2D eigenvalue weighted by Crippen LogP contribution is 2.16. The standard InChI is InChI=1S/C23H19F2NO4/c24-19-8-4-7-18(21(19)25)22(27)26-20(23(28)29)13-15-9-11-17(12-10-15)30-14-16-5-2-1-3-6-16/h1-12,20H,13-14H2,(H,26,27)(H,28,29)/t20-/m1/s1. The third kappa shape index (κ3) is 5.41. The highest BCUT2D eigenvalue weighted by atomic mass is 19.2. The second-order valence-electron chi connectivity index (χ2n) is 6.59. The van der Waals surface area contributed by atoms with Gasteiger partial charge in [0, 0.05) is 6.42 Å². The van der Waals surface area contributed by atoms with Gasteiger partial charge in [-0.05, 0) is 35.4 Å². The van der Waals surface area contributed by atoms with Gasteiger partial charge in [0.25, 0.3) is 5.91 Å². The van der Waals surface area contributed by atoms with Gasteiger partial charge in [-0.25, -0.2) is 13.6 Å². The minimum Gasteiger partial charge on any atom is -0.489 e. The Hall–Kier alpha value is -3.74. The van der Waals surface area contributed by atoms with Gasteiger partial charge in [0.2, 0.25) is 0 Å². The topological polar surface area (TPSA) is 75.6 Å². The summed E-state index contributed by atoms with van der Waals surface area (Å²) >= 11 is 0. The van der Waals surface area contributed by atoms with Gasteiger partial charge in [0.15, 0.2) is 11.6 Å². The summed E-state index contributed by atoms with van der Waals surface area (Å²) in [5.74, 6) is -4.17. The van der Waals surface area contributed by atoms with Gasteiger partial charge in [-0.3, -0.25) is 4.79 Å². The summed E-state index contributed by atoms with van der Waals surface area (Å²) in [5.41, 5.74) is 1.10. The van der Waals surface area contributed by atoms with Crippen LogP contribution in [-0.2, 0) is 17.8 Å². The van der Waals surface area contributed by atoms with Crippen molar-refractivity contribution in [2.24, 2.45) is 0 Å². The summed E-state index contributed by atoms with van der Waals surface area (Å²) in [6, 6.07) is 18.2. The van der Waals surface area contributed by atoms with Crippen LogP contribution in [0, 0.1) is 11.6 Å². The number of benzene rings is 3. The Kier molecular flexibility index (Phi) is 6.75. The largest absolute Gasteiger partial charge is 0.489 e. The first kappa shape index (κ1) is 21.0. The first-order valence-electron chi connectivity index (χ1n) is 9.17. The molecule has 0 bridgehead atoms. The van der Waals surface area contributed by atoms with E-state index >= 15 is 0 Å². The number of rotatable bonds is 8. The Morgan fingerprint density at radius 3 is 2.27 bits per heavy atom. The third-order valence-electron chi connectivity index (χ3n) is 4.41. The highest BCUT2D eigenvalue weighted by molar-refractivity contribution is 5.96. The lowest BCUT2D eigenvalue weighted by atomic mass is 10.0. The van der Waals surface area contributed by atoms with Crippen molar-refractivity contribution in [2.45, 2.75) is 19.1 Å². The van der Waals surface area contributed by atoms with Gasteiger partial charge in [-0.15, -0.1) is 0 Å². The number of amides is 1. The Balaban J connectivity index is 1.62. The first-order valence-corrected chi connectivity index (χ1v) is 9.17. The van der Waals surface area contributed by atoms with Crippen molar-refractivity contribution in [3.63, 3.8) is 0 Å². The maximum atomic E-state index is 13.8. The molecule has 0 aliphatic heterocycles. The summed E-state index contributed by atoms with van der Waals surface area (Å²) < 4.78 is 32.8. The Morgan fingerprint density at radius 2 is 1.60 bits per heavy atom. The quantitative estimate of drug-likeness (QED) is 0.588. The molecule has 7 heteroatoms. The predicted octanol–water partition coefficient (Wildman–Crippen LogP) is 3.97. The normalized spacial score (nSPS) is 11.5. The van der Waals surface area contributed by atoms with Crippen LogP contribution in [0.5, 0.6) is 5.75 Å². The van der Waals surface area contributed by atoms with Gasteiger partial charge >= 0.3 is 5.97 Å². The number of hydrogen-bond acceptors (Lipinski definition) is 3. The molecule has 0 fully saturated rings. The third-order valence-corrected chi connectivity index (χ3v) is 4.41. The van der Waals surface area contributed by atoms with Gasteiger partial charge in [-0.1, -0.05) is 48.5 Å². The summed E-state index contributed by atoms with van der Waals surface area (Å²) in [5, 5.41) is 11.6. The fraction of sp³-hybridized carbons (Fsp3) is 0.130. The molecule has 0 unspecified atom stereocenters. The molecule has 154 valence electrons. The lowest BCUT2D eigenvalue weighted by Crippen LogP contribution is -2.42. The van der Waals surface area contributed by atoms with Crippen molar-refractivity contribution in [3.05, 3.63) is 101 Å². The van der Waals surface area contributed by atoms with Crippen molar-refractivity contribution in [2.75, 3.05) is 0 Å². The molecule has 0 aliphatic rings. The number of carbonyl (C=O) groups excluding carboxylic acids is 1. The number of carboxylic acids is 1. The minimum absolute atomic E-state index is 0.0308. The van der Waals surface area contributed by atoms with Gasteiger partial charge in [0.05, 0.1) is 5.56 Å². The molecule has 5 nitrogen and oxygen atoms in total. The second kappa shape index (κ2) is 9.65. The fourth-order valence-corrected chi connectivity index (χ4v) is 2.81. The zero-order valence-corrected chi connectivity index (χ0v) is 15.8. The molecule has 0 aliphatic carbocycles. The molecular formula is C23H19F2NO4. The predicted molar refractivity (Wildman–Crippen MR) is 106 cm³/mol. The van der Waals surface area contributed by atoms with Crippen LogP contribution in [0.3, 0.4) is 0 Å². The van der Waals surface area contributed by atoms with E-state index in [1.165, 1.54) is 6.07 Å². The van der Waals surface area contributed by atoms with Crippen LogP contribution in [0.1, 0.15) is 21.5 Å². The van der Waals surface area contributed by atoms with Crippen LogP contribution in [0.15, 0.2) is 72.8 Å². The van der Waals surface area contributed by atoms with E-state index in [-0.39, 0.29) is 6.42 Å². The highest BCUT2D eigenvalue weighted by Gasteiger charge is 2.23. The maximum absolute atomic E-state index is 13.8. The SMILES string of the molecule is O=C(N[C@H](Cc1ccc(OCc2ccccc2)cc1)C(=O)O)c1cccc(F)c1F. The maximum Gasteiger partial charge on any atom is 0.326 e. The average Bonchev–Trinajstić information content (AvgIpc) is 2.75. The van der Waals surface area contributed by atoms with Crippen LogP contribution in [0.4, 0.5) is 8.78 Å². The number of nitrogens with one attached hydrogen (secondary N) is 1. The van der Waals surface area contributed by atoms with Gasteiger partial charge in [-0.2, -0.15) is 0 Å². The molecule has 2 N–H and O–H groups in total. The molecule has 0 heterocycles. The van der Waals surface area contributed by atoms with E-state index < -0.39 is 35.1 Å². The van der Waals surface area contributed by atoms with E-state index in [1.54, 1.807) is 24.3 Å². The monoisotopic (exact) mass is 411 g/mol. The lowest BCUT2D eigenvalue weighted by molar-refractivity contribution is -0.139. The van der Waals surface area contributed by atoms with E-state index in [4.69, 9.17) is 4.74 Å². The molecule has 0 radical (unpaired) electrons. The molecule has 3 aromatic carbocycles. The van der Waals surface area contributed by atoms with Gasteiger partial charge < -0.3 is 15.2 Å². The smallest absolute Gasteiger partial charge is 0.326 e. The number of aliphatic carboxylic acids is 1. The van der Waals surface area contributed by atoms with E-state index in [9.17, 15) is 23.5 Å². The molecular weight excluding hydrogens is 392 g/mol. The molecule has 1 atom stereocenters. The van der Waals surface area contributed by atoms with Crippen molar-refractivity contribution in [1.29, 1.82) is 0 Å². The Morgan fingerprint density at radius 1 is 0.900 bits per heavy atom. The van der Waals surface area contributed by atoms with E-state index in [2.05, 4.69) is 5.32 Å². The second-order valence-corrected chi connectivity index (χ2v) is 6.59. The van der Waals surface area contributed by atoms with Crippen molar-refractivity contribution < 1.29 is 28.2 Å². The Bertz CT molecular complexity index is 1020. The number of carbonyl (C=O) groups is 2. The molecule has 30 heavy (non-hydrogen) atoms. The zero-order chi connectivity index (χ0) is 21.5. The summed E-state index contributed by atoms with van der Waals surface area (Å²) in [4.78, 5) is 23.7. The molecule has 3 aromatic rings. The van der Waals surface area contributed by atoms with Crippen LogP contribution in [0.2, 0.25) is 0 Å². The summed E-state index contributed by atoms with van der Waals surface area (Å²) in [6.45, 7) is 0.396. The molecule has 3 rings (SSSR count). The van der Waals surface area contributed by atoms with E-state index in [1.807, 2.05) is 30.3 Å². The van der Waals surface area contributed by atoms with Gasteiger partial charge in [0.1, 0.15) is 18.4 Å². The van der Waals surface area contributed by atoms with Crippen LogP contribution < -0.4 is 10.1 Å². The number of hydrogen-bond donors (Lipinski definition) is 2. The molecule has 0 aromatic heterocycles. The summed E-state index contributed by atoms with van der Waals surface area (Å²) in [7, 11) is 0. The average molecular weight is 411 g/mol. The van der Waals surface area contributed by atoms with Crippen molar-refractivity contribution >= 4 is 11.9 Å². The number of carboxylic acid groups (broad SMARTS) is 1. The molecule has 0 saturated carbocycles. The van der Waals surface area contributed by atoms with Crippen LogP contribution >= 0.6 is 0 Å². The van der Waals surface area contributed by atoms with E-state index in [0.717, 1.165) is 17.7 Å². The number of halogens is 2. The zero-order valence-electron chi connectivity index (χ0n) is 15.8. The minimum atomic E-state index is -1.32. The van der Waals surface area contributed by atoms with Crippen molar-refractivity contribution in [1.82, 2.24) is 5.32 Å². The fourth-order valence-electron chi connectivity index (χ4n) is 2.81. The lowest BCUT2D eigenvalue weighted by Gasteiger charge is -2.15. The van der Waals surface area contributed by atoms with Crippen LogP contribution in [0.25, 0.3) is 0 Å². The summed E-state index contributed by atoms with van der Waals surface area (Å²) in [6.07, 6.45) is -0.0308. The first-order chi connectivity index (χ1) is 14.4. The molecule has 0 saturated heterocycles. The molecule has 0 spiro atoms.